The smallest absolute Gasteiger partial charge is 0.172 e. The summed E-state index contributed by atoms with van der Waals surface area (Å²) in [5, 5.41) is 11.8. The molecular formula is C15H15BrFN3O. The number of amidine groups is 1. The number of nitrogens with two attached hydrogens (primary N) is 1. The summed E-state index contributed by atoms with van der Waals surface area (Å²) in [5.41, 5.74) is 7.75. The normalized spacial score (nSPS) is 11.5. The molecule has 2 rings (SSSR count). The van der Waals surface area contributed by atoms with Crippen molar-refractivity contribution in [1.82, 2.24) is 0 Å². The number of benzene rings is 2. The van der Waals surface area contributed by atoms with E-state index in [9.17, 15) is 4.39 Å². The van der Waals surface area contributed by atoms with Gasteiger partial charge in [0.1, 0.15) is 5.82 Å². The van der Waals surface area contributed by atoms with Crippen LogP contribution in [0, 0.1) is 5.82 Å². The van der Waals surface area contributed by atoms with Gasteiger partial charge in [-0.3, -0.25) is 0 Å². The lowest BCUT2D eigenvalue weighted by Crippen LogP contribution is -2.22. The molecule has 0 aliphatic carbocycles. The van der Waals surface area contributed by atoms with Gasteiger partial charge in [0.25, 0.3) is 0 Å². The van der Waals surface area contributed by atoms with Crippen molar-refractivity contribution >= 4 is 27.5 Å². The first kappa shape index (κ1) is 15.3. The highest BCUT2D eigenvalue weighted by Gasteiger charge is 2.13. The van der Waals surface area contributed by atoms with Crippen molar-refractivity contribution in [3.05, 3.63) is 63.9 Å². The van der Waals surface area contributed by atoms with Crippen LogP contribution in [0.2, 0.25) is 0 Å². The van der Waals surface area contributed by atoms with Gasteiger partial charge in [-0.15, -0.1) is 0 Å². The third-order valence-electron chi connectivity index (χ3n) is 3.06. The molecule has 2 aromatic rings. The maximum atomic E-state index is 13.4. The summed E-state index contributed by atoms with van der Waals surface area (Å²) >= 11 is 3.43. The predicted octanol–water partition coefficient (Wildman–Crippen LogP) is 3.32. The Morgan fingerprint density at radius 2 is 2.10 bits per heavy atom. The predicted molar refractivity (Wildman–Crippen MR) is 85.2 cm³/mol. The van der Waals surface area contributed by atoms with Gasteiger partial charge < -0.3 is 15.8 Å². The van der Waals surface area contributed by atoms with E-state index in [0.29, 0.717) is 17.8 Å². The van der Waals surface area contributed by atoms with Crippen LogP contribution in [-0.2, 0) is 6.54 Å². The highest BCUT2D eigenvalue weighted by Crippen LogP contribution is 2.23. The van der Waals surface area contributed by atoms with Crippen LogP contribution >= 0.6 is 15.9 Å². The van der Waals surface area contributed by atoms with Gasteiger partial charge in [0.2, 0.25) is 0 Å². The molecule has 0 amide bonds. The molecule has 3 N–H and O–H groups in total. The van der Waals surface area contributed by atoms with Crippen LogP contribution in [0.5, 0.6) is 0 Å². The minimum atomic E-state index is -0.434. The average Bonchev–Trinajstić information content (AvgIpc) is 2.46. The Morgan fingerprint density at radius 3 is 2.76 bits per heavy atom. The number of hydrogen-bond donors (Lipinski definition) is 2. The van der Waals surface area contributed by atoms with Crippen LogP contribution in [0.1, 0.15) is 11.1 Å². The first-order valence-corrected chi connectivity index (χ1v) is 7.03. The molecular weight excluding hydrogens is 337 g/mol. The second-order valence-electron chi connectivity index (χ2n) is 4.63. The van der Waals surface area contributed by atoms with Crippen LogP contribution in [-0.4, -0.2) is 18.1 Å². The fraction of sp³-hybridized carbons (Fsp3) is 0.133. The van der Waals surface area contributed by atoms with Crippen LogP contribution in [0.4, 0.5) is 10.1 Å². The highest BCUT2D eigenvalue weighted by atomic mass is 79.9. The quantitative estimate of drug-likeness (QED) is 0.384. The molecule has 0 atom stereocenters. The van der Waals surface area contributed by atoms with Crippen molar-refractivity contribution in [2.75, 3.05) is 11.9 Å². The second kappa shape index (κ2) is 6.58. The molecule has 21 heavy (non-hydrogen) atoms. The molecule has 0 aliphatic rings. The SMILES string of the molecule is CN(Cc1cccc(Br)c1)c1ccc(F)cc1C(N)=NO. The van der Waals surface area contributed by atoms with Crippen molar-refractivity contribution in [3.8, 4) is 0 Å². The molecule has 0 unspecified atom stereocenters. The molecule has 0 aliphatic heterocycles. The topological polar surface area (TPSA) is 61.8 Å². The molecule has 0 heterocycles. The number of oxime groups is 1. The number of rotatable bonds is 4. The van der Waals surface area contributed by atoms with Gasteiger partial charge in [-0.05, 0) is 35.9 Å². The molecule has 110 valence electrons. The van der Waals surface area contributed by atoms with Gasteiger partial charge in [0.15, 0.2) is 5.84 Å². The van der Waals surface area contributed by atoms with Crippen LogP contribution < -0.4 is 10.6 Å². The summed E-state index contributed by atoms with van der Waals surface area (Å²) in [4.78, 5) is 1.91. The lowest BCUT2D eigenvalue weighted by atomic mass is 10.1. The molecule has 6 heteroatoms. The van der Waals surface area contributed by atoms with E-state index in [1.807, 2.05) is 36.2 Å². The highest BCUT2D eigenvalue weighted by molar-refractivity contribution is 9.10. The standard InChI is InChI=1S/C15H15BrFN3O/c1-20(9-10-3-2-4-11(16)7-10)14-6-5-12(17)8-13(14)15(18)19-21/h2-8,21H,9H2,1H3,(H2,18,19). The van der Waals surface area contributed by atoms with Crippen LogP contribution in [0.3, 0.4) is 0 Å². The molecule has 0 fully saturated rings. The first-order valence-electron chi connectivity index (χ1n) is 6.24. The summed E-state index contributed by atoms with van der Waals surface area (Å²) in [6.07, 6.45) is 0. The Hall–Kier alpha value is -2.08. The molecule has 4 nitrogen and oxygen atoms in total. The Bertz CT molecular complexity index is 676. The number of nitrogens with zero attached hydrogens (tertiary/aromatic N) is 2. The number of anilines is 1. The van der Waals surface area contributed by atoms with Crippen molar-refractivity contribution in [3.63, 3.8) is 0 Å². The minimum Gasteiger partial charge on any atom is -0.409 e. The van der Waals surface area contributed by atoms with E-state index < -0.39 is 5.82 Å². The zero-order valence-electron chi connectivity index (χ0n) is 11.4. The van der Waals surface area contributed by atoms with Gasteiger partial charge in [-0.1, -0.05) is 33.2 Å². The Morgan fingerprint density at radius 1 is 1.33 bits per heavy atom. The van der Waals surface area contributed by atoms with Crippen LogP contribution in [0.15, 0.2) is 52.1 Å². The minimum absolute atomic E-state index is 0.120. The largest absolute Gasteiger partial charge is 0.409 e. The van der Waals surface area contributed by atoms with E-state index in [4.69, 9.17) is 10.9 Å². The number of halogens is 2. The van der Waals surface area contributed by atoms with Gasteiger partial charge in [-0.2, -0.15) is 0 Å². The molecule has 0 spiro atoms. The summed E-state index contributed by atoms with van der Waals surface area (Å²) in [6.45, 7) is 0.608. The summed E-state index contributed by atoms with van der Waals surface area (Å²) in [5.74, 6) is -0.554. The average molecular weight is 352 g/mol. The maximum Gasteiger partial charge on any atom is 0.172 e. The van der Waals surface area contributed by atoms with E-state index in [1.54, 1.807) is 6.07 Å². The zero-order valence-corrected chi connectivity index (χ0v) is 13.0. The summed E-state index contributed by atoms with van der Waals surface area (Å²) < 4.78 is 14.4. The molecule has 0 aromatic heterocycles. The molecule has 0 saturated carbocycles. The molecule has 0 saturated heterocycles. The fourth-order valence-electron chi connectivity index (χ4n) is 2.09. The maximum absolute atomic E-state index is 13.4. The number of hydrogen-bond acceptors (Lipinski definition) is 3. The van der Waals surface area contributed by atoms with E-state index in [2.05, 4.69) is 21.1 Å². The van der Waals surface area contributed by atoms with Crippen molar-refractivity contribution in [2.24, 2.45) is 10.9 Å². The van der Waals surface area contributed by atoms with Crippen molar-refractivity contribution in [1.29, 1.82) is 0 Å². The fourth-order valence-corrected chi connectivity index (χ4v) is 2.54. The van der Waals surface area contributed by atoms with E-state index >= 15 is 0 Å². The van der Waals surface area contributed by atoms with Crippen LogP contribution in [0.25, 0.3) is 0 Å². The van der Waals surface area contributed by atoms with E-state index in [0.717, 1.165) is 10.0 Å². The molecule has 0 bridgehead atoms. The van der Waals surface area contributed by atoms with Gasteiger partial charge >= 0.3 is 0 Å². The Balaban J connectivity index is 2.33. The molecule has 2 aromatic carbocycles. The van der Waals surface area contributed by atoms with Gasteiger partial charge in [-0.25, -0.2) is 4.39 Å². The van der Waals surface area contributed by atoms with Gasteiger partial charge in [0.05, 0.1) is 0 Å². The van der Waals surface area contributed by atoms with Gasteiger partial charge in [0, 0.05) is 29.3 Å². The second-order valence-corrected chi connectivity index (χ2v) is 5.55. The van der Waals surface area contributed by atoms with E-state index in [1.165, 1.54) is 12.1 Å². The monoisotopic (exact) mass is 351 g/mol. The summed E-state index contributed by atoms with van der Waals surface area (Å²) in [7, 11) is 1.86. The molecule has 0 radical (unpaired) electrons. The lowest BCUT2D eigenvalue weighted by molar-refractivity contribution is 0.318. The zero-order chi connectivity index (χ0) is 15.4. The summed E-state index contributed by atoms with van der Waals surface area (Å²) in [6, 6.07) is 12.1. The Kier molecular flexibility index (Phi) is 4.80. The lowest BCUT2D eigenvalue weighted by Gasteiger charge is -2.22. The third-order valence-corrected chi connectivity index (χ3v) is 3.56. The third kappa shape index (κ3) is 3.72. The van der Waals surface area contributed by atoms with Crippen molar-refractivity contribution < 1.29 is 9.60 Å². The Labute approximate surface area is 130 Å². The van der Waals surface area contributed by atoms with E-state index in [-0.39, 0.29) is 5.84 Å². The first-order chi connectivity index (χ1) is 10.0. The van der Waals surface area contributed by atoms with Crippen molar-refractivity contribution in [2.45, 2.75) is 6.54 Å².